The SMILES string of the molecule is CC(=O)N[C@@H]1[C@@H](O[C@@H]2O[C@H](C(=O)O)[C@@H](OCc3ccccc3)[C@H](OCc3ccccc3)[C@H]2OC(=O)c2ccccc2)[C@@H](OCc2ccccc2)[C@@H](CO)O[C@H]1O. The van der Waals surface area contributed by atoms with Crippen molar-refractivity contribution in [3.05, 3.63) is 144 Å². The van der Waals surface area contributed by atoms with Gasteiger partial charge in [0.15, 0.2) is 24.8 Å². The van der Waals surface area contributed by atoms with E-state index in [9.17, 15) is 29.7 Å². The standard InChI is InChI=1S/C42H45NO13/c1-26(45)43-32-34(33(31(22-44)53-41(32)49)50-23-27-14-6-2-7-15-27)55-42-38(54-40(48)30-20-12-5-13-21-30)36(52-25-29-18-10-4-11-19-29)35(37(56-42)39(46)47)51-24-28-16-8-3-9-17-28/h2-21,31-38,41-42,44,49H,22-25H2,1H3,(H,43,45)(H,46,47)/t31-,32-,33+,34-,35+,36+,37+,38-,41-,42-/m1/s1. The number of carboxylic acid groups (broad SMARTS) is 1. The Kier molecular flexibility index (Phi) is 14.3. The molecule has 0 spiro atoms. The molecule has 0 radical (unpaired) electrons. The first kappa shape index (κ1) is 40.6. The van der Waals surface area contributed by atoms with E-state index >= 15 is 0 Å². The molecule has 10 atom stereocenters. The van der Waals surface area contributed by atoms with E-state index in [1.54, 1.807) is 30.3 Å². The molecule has 56 heavy (non-hydrogen) atoms. The van der Waals surface area contributed by atoms with Gasteiger partial charge in [-0.05, 0) is 28.8 Å². The zero-order chi connectivity index (χ0) is 39.4. The smallest absolute Gasteiger partial charge is 0.338 e. The summed E-state index contributed by atoms with van der Waals surface area (Å²) in [7, 11) is 0. The summed E-state index contributed by atoms with van der Waals surface area (Å²) in [5, 5.41) is 34.8. The number of carbonyl (C=O) groups excluding carboxylic acids is 2. The van der Waals surface area contributed by atoms with Crippen LogP contribution in [0.3, 0.4) is 0 Å². The van der Waals surface area contributed by atoms with E-state index in [0.717, 1.165) is 16.7 Å². The van der Waals surface area contributed by atoms with Crippen molar-refractivity contribution in [2.24, 2.45) is 0 Å². The van der Waals surface area contributed by atoms with E-state index in [1.165, 1.54) is 6.92 Å². The molecule has 2 aliphatic heterocycles. The lowest BCUT2D eigenvalue weighted by molar-refractivity contribution is -0.347. The number of aliphatic hydroxyl groups is 2. The fraction of sp³-hybridized carbons (Fsp3) is 0.357. The number of aliphatic carboxylic acids is 1. The summed E-state index contributed by atoms with van der Waals surface area (Å²) in [6, 6.07) is 34.1. The third kappa shape index (κ3) is 10.4. The first-order valence-corrected chi connectivity index (χ1v) is 18.2. The fourth-order valence-electron chi connectivity index (χ4n) is 6.66. The predicted octanol–water partition coefficient (Wildman–Crippen LogP) is 3.38. The van der Waals surface area contributed by atoms with Crippen LogP contribution < -0.4 is 5.32 Å². The average molecular weight is 772 g/mol. The fourth-order valence-corrected chi connectivity index (χ4v) is 6.66. The Morgan fingerprint density at radius 1 is 0.643 bits per heavy atom. The lowest BCUT2D eigenvalue weighted by Crippen LogP contribution is -2.69. The molecule has 4 aromatic carbocycles. The number of rotatable bonds is 16. The van der Waals surface area contributed by atoms with Crippen molar-refractivity contribution < 1.29 is 62.9 Å². The highest BCUT2D eigenvalue weighted by atomic mass is 16.7. The molecule has 2 aliphatic rings. The van der Waals surface area contributed by atoms with Crippen LogP contribution in [0.1, 0.15) is 34.0 Å². The summed E-state index contributed by atoms with van der Waals surface area (Å²) in [4.78, 5) is 39.4. The number of nitrogens with one attached hydrogen (secondary N) is 1. The minimum absolute atomic E-state index is 0.00201. The molecule has 0 aliphatic carbocycles. The first-order chi connectivity index (χ1) is 27.2. The maximum Gasteiger partial charge on any atom is 0.338 e. The van der Waals surface area contributed by atoms with Crippen LogP contribution in [0.15, 0.2) is 121 Å². The molecule has 0 aromatic heterocycles. The number of esters is 1. The Hall–Kier alpha value is -5.03. The number of benzene rings is 4. The number of carbonyl (C=O) groups is 3. The number of ether oxygens (including phenoxy) is 7. The van der Waals surface area contributed by atoms with Crippen molar-refractivity contribution in [2.75, 3.05) is 6.61 Å². The van der Waals surface area contributed by atoms with Crippen molar-refractivity contribution >= 4 is 17.8 Å². The summed E-state index contributed by atoms with van der Waals surface area (Å²) >= 11 is 0. The third-order valence-electron chi connectivity index (χ3n) is 9.35. The van der Waals surface area contributed by atoms with Gasteiger partial charge in [-0.2, -0.15) is 0 Å². The number of aliphatic hydroxyl groups excluding tert-OH is 2. The van der Waals surface area contributed by atoms with Gasteiger partial charge in [0.05, 0.1) is 32.0 Å². The van der Waals surface area contributed by atoms with Crippen molar-refractivity contribution in [1.29, 1.82) is 0 Å². The summed E-state index contributed by atoms with van der Waals surface area (Å²) < 4.78 is 43.6. The van der Waals surface area contributed by atoms with E-state index < -0.39 is 85.8 Å². The molecule has 1 amide bonds. The molecule has 0 bridgehead atoms. The first-order valence-electron chi connectivity index (χ1n) is 18.2. The summed E-state index contributed by atoms with van der Waals surface area (Å²) in [5.41, 5.74) is 2.40. The number of amides is 1. The molecular weight excluding hydrogens is 726 g/mol. The highest BCUT2D eigenvalue weighted by Crippen LogP contribution is 2.35. The van der Waals surface area contributed by atoms with Gasteiger partial charge in [0.25, 0.3) is 0 Å². The minimum atomic E-state index is -1.74. The zero-order valence-electron chi connectivity index (χ0n) is 30.6. The van der Waals surface area contributed by atoms with Gasteiger partial charge in [-0.1, -0.05) is 109 Å². The minimum Gasteiger partial charge on any atom is -0.479 e. The van der Waals surface area contributed by atoms with Crippen LogP contribution in [0, 0.1) is 0 Å². The topological polar surface area (TPSA) is 189 Å². The monoisotopic (exact) mass is 771 g/mol. The number of carboxylic acids is 1. The lowest BCUT2D eigenvalue weighted by atomic mass is 9.94. The summed E-state index contributed by atoms with van der Waals surface area (Å²) in [6.07, 6.45) is -13.1. The van der Waals surface area contributed by atoms with E-state index in [2.05, 4.69) is 5.32 Å². The molecule has 4 N–H and O–H groups in total. The maximum atomic E-state index is 13.8. The molecule has 14 heteroatoms. The van der Waals surface area contributed by atoms with Crippen molar-refractivity contribution in [3.8, 4) is 0 Å². The Morgan fingerprint density at radius 2 is 1.12 bits per heavy atom. The lowest BCUT2D eigenvalue weighted by Gasteiger charge is -2.49. The van der Waals surface area contributed by atoms with Crippen LogP contribution in [0.4, 0.5) is 0 Å². The molecule has 0 unspecified atom stereocenters. The second kappa shape index (κ2) is 19.7. The molecule has 14 nitrogen and oxygen atoms in total. The normalized spacial score (nSPS) is 27.6. The van der Waals surface area contributed by atoms with Gasteiger partial charge in [-0.25, -0.2) is 9.59 Å². The van der Waals surface area contributed by atoms with E-state index in [1.807, 2.05) is 91.0 Å². The Morgan fingerprint density at radius 3 is 1.61 bits per heavy atom. The van der Waals surface area contributed by atoms with Crippen LogP contribution in [-0.2, 0) is 62.6 Å². The van der Waals surface area contributed by atoms with Crippen molar-refractivity contribution in [1.82, 2.24) is 5.32 Å². The second-order valence-corrected chi connectivity index (χ2v) is 13.4. The summed E-state index contributed by atoms with van der Waals surface area (Å²) in [5.74, 6) is -2.78. The highest BCUT2D eigenvalue weighted by molar-refractivity contribution is 5.89. The van der Waals surface area contributed by atoms with Gasteiger partial charge in [0.2, 0.25) is 5.91 Å². The van der Waals surface area contributed by atoms with Crippen LogP contribution in [0.25, 0.3) is 0 Å². The Balaban J connectivity index is 1.41. The Labute approximate surface area is 323 Å². The van der Waals surface area contributed by atoms with Gasteiger partial charge >= 0.3 is 11.9 Å². The van der Waals surface area contributed by atoms with Gasteiger partial charge in [-0.3, -0.25) is 4.79 Å². The molecular formula is C42H45NO13. The molecule has 6 rings (SSSR count). The molecule has 296 valence electrons. The maximum absolute atomic E-state index is 13.8. The van der Waals surface area contributed by atoms with Crippen LogP contribution in [0.5, 0.6) is 0 Å². The van der Waals surface area contributed by atoms with E-state index in [0.29, 0.717) is 0 Å². The van der Waals surface area contributed by atoms with Gasteiger partial charge in [-0.15, -0.1) is 0 Å². The molecule has 2 heterocycles. The van der Waals surface area contributed by atoms with E-state index in [4.69, 9.17) is 33.2 Å². The second-order valence-electron chi connectivity index (χ2n) is 13.4. The van der Waals surface area contributed by atoms with Crippen LogP contribution >= 0.6 is 0 Å². The Bertz CT molecular complexity index is 1830. The number of hydrogen-bond acceptors (Lipinski definition) is 12. The summed E-state index contributed by atoms with van der Waals surface area (Å²) in [6.45, 7) is 0.513. The van der Waals surface area contributed by atoms with Crippen molar-refractivity contribution in [3.63, 3.8) is 0 Å². The number of hydrogen-bond donors (Lipinski definition) is 4. The molecule has 2 fully saturated rings. The highest BCUT2D eigenvalue weighted by Gasteiger charge is 2.56. The predicted molar refractivity (Wildman–Crippen MR) is 197 cm³/mol. The largest absolute Gasteiger partial charge is 0.479 e. The van der Waals surface area contributed by atoms with Crippen molar-refractivity contribution in [2.45, 2.75) is 88.1 Å². The quantitative estimate of drug-likeness (QED) is 0.122. The van der Waals surface area contributed by atoms with E-state index in [-0.39, 0.29) is 25.4 Å². The van der Waals surface area contributed by atoms with Gasteiger partial charge < -0.3 is 53.8 Å². The van der Waals surface area contributed by atoms with Gasteiger partial charge in [0, 0.05) is 6.92 Å². The molecule has 2 saturated heterocycles. The zero-order valence-corrected chi connectivity index (χ0v) is 30.6. The molecule has 0 saturated carbocycles. The van der Waals surface area contributed by atoms with Gasteiger partial charge in [0.1, 0.15) is 36.6 Å². The average Bonchev–Trinajstić information content (AvgIpc) is 3.22. The molecule has 4 aromatic rings. The van der Waals surface area contributed by atoms with Crippen LogP contribution in [0.2, 0.25) is 0 Å². The van der Waals surface area contributed by atoms with Crippen LogP contribution in [-0.4, -0.2) is 101 Å². The third-order valence-corrected chi connectivity index (χ3v) is 9.35.